The van der Waals surface area contributed by atoms with Gasteiger partial charge in [-0.25, -0.2) is 4.79 Å². The van der Waals surface area contributed by atoms with Crippen molar-refractivity contribution in [1.29, 1.82) is 0 Å². The van der Waals surface area contributed by atoms with Crippen molar-refractivity contribution in [2.45, 2.75) is 69.8 Å². The minimum Gasteiger partial charge on any atom is -0.480 e. The molecule has 0 spiro atoms. The summed E-state index contributed by atoms with van der Waals surface area (Å²) in [4.78, 5) is 54.0. The molecule has 1 heterocycles. The van der Waals surface area contributed by atoms with Gasteiger partial charge in [-0.15, -0.1) is 0 Å². The minimum absolute atomic E-state index is 0.105. The number of carbonyl (C=O) groups excluding carboxylic acids is 3. The third kappa shape index (κ3) is 8.02. The van der Waals surface area contributed by atoms with Gasteiger partial charge in [-0.3, -0.25) is 19.4 Å². The number of aliphatic hydroxyl groups excluding tert-OH is 1. The summed E-state index contributed by atoms with van der Waals surface area (Å²) in [6.07, 6.45) is 0.288. The third-order valence-corrected chi connectivity index (χ3v) is 4.95. The Balaban J connectivity index is 2.72. The first-order valence-corrected chi connectivity index (χ1v) is 10.1. The Hall–Kier alpha value is -2.93. The van der Waals surface area contributed by atoms with Crippen LogP contribution in [-0.4, -0.2) is 88.1 Å². The van der Waals surface area contributed by atoms with Crippen LogP contribution in [0.3, 0.4) is 0 Å². The summed E-state index contributed by atoms with van der Waals surface area (Å²) in [6, 6.07) is -4.17. The lowest BCUT2D eigenvalue weighted by molar-refractivity contribution is -0.145. The predicted octanol–water partition coefficient (Wildman–Crippen LogP) is -3.19. The van der Waals surface area contributed by atoms with Crippen LogP contribution in [0.5, 0.6) is 0 Å². The van der Waals surface area contributed by atoms with Crippen molar-refractivity contribution in [3.63, 3.8) is 0 Å². The van der Waals surface area contributed by atoms with E-state index in [0.717, 1.165) is 0 Å². The molecule has 13 nitrogen and oxygen atoms in total. The average molecular weight is 444 g/mol. The fourth-order valence-electron chi connectivity index (χ4n) is 3.17. The number of hydrogen-bond acceptors (Lipinski definition) is 7. The molecule has 1 saturated heterocycles. The van der Waals surface area contributed by atoms with Crippen molar-refractivity contribution in [2.24, 2.45) is 22.2 Å². The highest BCUT2D eigenvalue weighted by Crippen LogP contribution is 2.19. The molecule has 0 aromatic carbocycles. The van der Waals surface area contributed by atoms with Gasteiger partial charge in [0.15, 0.2) is 5.96 Å². The number of aliphatic hydroxyl groups is 1. The smallest absolute Gasteiger partial charge is 0.326 e. The minimum atomic E-state index is -1.21. The number of rotatable bonds is 11. The normalized spacial score (nSPS) is 19.6. The van der Waals surface area contributed by atoms with Crippen molar-refractivity contribution in [2.75, 3.05) is 13.1 Å². The summed E-state index contributed by atoms with van der Waals surface area (Å²) in [7, 11) is 0. The number of aliphatic carboxylic acids is 1. The highest BCUT2D eigenvalue weighted by Gasteiger charge is 2.38. The van der Waals surface area contributed by atoms with Crippen LogP contribution < -0.4 is 27.8 Å². The first-order valence-electron chi connectivity index (χ1n) is 10.1. The van der Waals surface area contributed by atoms with E-state index in [9.17, 15) is 29.4 Å². The maximum atomic E-state index is 12.8. The summed E-state index contributed by atoms with van der Waals surface area (Å²) in [5, 5.41) is 23.7. The molecule has 176 valence electrons. The SMILES string of the molecule is CC(NC(=O)C(N)C(C)O)C(=O)N1CCCC1C(=O)NC(CCCN=C(N)N)C(=O)O. The molecule has 1 fully saturated rings. The zero-order valence-electron chi connectivity index (χ0n) is 17.8. The van der Waals surface area contributed by atoms with E-state index in [-0.39, 0.29) is 18.9 Å². The second-order valence-corrected chi connectivity index (χ2v) is 7.53. The first-order chi connectivity index (χ1) is 14.5. The van der Waals surface area contributed by atoms with Gasteiger partial charge in [-0.1, -0.05) is 0 Å². The number of nitrogens with one attached hydrogen (secondary N) is 2. The largest absolute Gasteiger partial charge is 0.480 e. The van der Waals surface area contributed by atoms with Crippen LogP contribution in [0, 0.1) is 0 Å². The summed E-state index contributed by atoms with van der Waals surface area (Å²) in [5.74, 6) is -3.08. The predicted molar refractivity (Wildman–Crippen MR) is 111 cm³/mol. The summed E-state index contributed by atoms with van der Waals surface area (Å²) in [6.45, 7) is 3.32. The molecule has 13 heteroatoms. The number of hydrogen-bond donors (Lipinski definition) is 7. The molecule has 5 atom stereocenters. The average Bonchev–Trinajstić information content (AvgIpc) is 3.18. The number of amides is 3. The standard InChI is InChI=1S/C18H33N7O6/c1-9(23-15(28)13(19)10(2)26)16(29)25-8-4-6-12(25)14(27)24-11(17(30)31)5-3-7-22-18(20)21/h9-13,26H,3-8,19H2,1-2H3,(H,23,28)(H,24,27)(H,30,31)(H4,20,21,22). The lowest BCUT2D eigenvalue weighted by Gasteiger charge is -2.28. The Kier molecular flexibility index (Phi) is 10.1. The topological polar surface area (TPSA) is 226 Å². The molecular weight excluding hydrogens is 410 g/mol. The summed E-state index contributed by atoms with van der Waals surface area (Å²) >= 11 is 0. The molecule has 31 heavy (non-hydrogen) atoms. The molecule has 0 bridgehead atoms. The third-order valence-electron chi connectivity index (χ3n) is 4.95. The molecule has 3 amide bonds. The maximum Gasteiger partial charge on any atom is 0.326 e. The van der Waals surface area contributed by atoms with Gasteiger partial charge in [0, 0.05) is 13.1 Å². The van der Waals surface area contributed by atoms with Crippen LogP contribution in [0.15, 0.2) is 4.99 Å². The lowest BCUT2D eigenvalue weighted by Crippen LogP contribution is -2.57. The van der Waals surface area contributed by atoms with E-state index < -0.39 is 54.0 Å². The van der Waals surface area contributed by atoms with Crippen molar-refractivity contribution in [3.05, 3.63) is 0 Å². The number of likely N-dealkylation sites (tertiary alicyclic amines) is 1. The van der Waals surface area contributed by atoms with Gasteiger partial charge in [0.05, 0.1) is 6.10 Å². The molecule has 10 N–H and O–H groups in total. The molecule has 0 aliphatic carbocycles. The van der Waals surface area contributed by atoms with Gasteiger partial charge < -0.3 is 42.9 Å². The van der Waals surface area contributed by atoms with E-state index in [2.05, 4.69) is 15.6 Å². The number of aliphatic imine (C=N–C) groups is 1. The highest BCUT2D eigenvalue weighted by atomic mass is 16.4. The molecule has 0 radical (unpaired) electrons. The number of nitrogens with zero attached hydrogens (tertiary/aromatic N) is 2. The van der Waals surface area contributed by atoms with Gasteiger partial charge in [-0.2, -0.15) is 0 Å². The Morgan fingerprint density at radius 2 is 1.84 bits per heavy atom. The van der Waals surface area contributed by atoms with Gasteiger partial charge in [-0.05, 0) is 39.5 Å². The van der Waals surface area contributed by atoms with Gasteiger partial charge in [0.25, 0.3) is 0 Å². The van der Waals surface area contributed by atoms with Gasteiger partial charge >= 0.3 is 5.97 Å². The van der Waals surface area contributed by atoms with Crippen molar-refractivity contribution < 1.29 is 29.4 Å². The number of carboxylic acids is 1. The van der Waals surface area contributed by atoms with Crippen LogP contribution >= 0.6 is 0 Å². The first kappa shape index (κ1) is 26.1. The molecule has 0 saturated carbocycles. The molecule has 0 aromatic heterocycles. The van der Waals surface area contributed by atoms with E-state index in [1.165, 1.54) is 18.7 Å². The van der Waals surface area contributed by atoms with Crippen LogP contribution in [0.4, 0.5) is 0 Å². The quantitative estimate of drug-likeness (QED) is 0.0968. The molecule has 1 aliphatic heterocycles. The molecular formula is C18H33N7O6. The number of carbonyl (C=O) groups is 4. The van der Waals surface area contributed by atoms with E-state index in [1.54, 1.807) is 0 Å². The molecule has 0 aromatic rings. The second-order valence-electron chi connectivity index (χ2n) is 7.53. The Labute approximate surface area is 180 Å². The van der Waals surface area contributed by atoms with Crippen LogP contribution in [-0.2, 0) is 19.2 Å². The number of guanidine groups is 1. The highest BCUT2D eigenvalue weighted by molar-refractivity contribution is 5.94. The van der Waals surface area contributed by atoms with Crippen LogP contribution in [0.1, 0.15) is 39.5 Å². The summed E-state index contributed by atoms with van der Waals surface area (Å²) < 4.78 is 0. The molecule has 1 rings (SSSR count). The van der Waals surface area contributed by atoms with E-state index in [4.69, 9.17) is 17.2 Å². The fraction of sp³-hybridized carbons (Fsp3) is 0.722. The van der Waals surface area contributed by atoms with E-state index >= 15 is 0 Å². The van der Waals surface area contributed by atoms with Crippen LogP contribution in [0.25, 0.3) is 0 Å². The maximum absolute atomic E-state index is 12.8. The summed E-state index contributed by atoms with van der Waals surface area (Å²) in [5.41, 5.74) is 16.0. The Morgan fingerprint density at radius 1 is 1.19 bits per heavy atom. The van der Waals surface area contributed by atoms with E-state index in [0.29, 0.717) is 25.8 Å². The lowest BCUT2D eigenvalue weighted by atomic mass is 10.1. The van der Waals surface area contributed by atoms with Crippen molar-refractivity contribution in [1.82, 2.24) is 15.5 Å². The molecule has 1 aliphatic rings. The zero-order valence-corrected chi connectivity index (χ0v) is 17.8. The number of nitrogens with two attached hydrogens (primary N) is 3. The van der Waals surface area contributed by atoms with Gasteiger partial charge in [0.1, 0.15) is 24.2 Å². The number of carboxylic acid groups (broad SMARTS) is 1. The Bertz CT molecular complexity index is 695. The van der Waals surface area contributed by atoms with Gasteiger partial charge in [0.2, 0.25) is 17.7 Å². The van der Waals surface area contributed by atoms with Crippen molar-refractivity contribution in [3.8, 4) is 0 Å². The second kappa shape index (κ2) is 12.1. The monoisotopic (exact) mass is 443 g/mol. The van der Waals surface area contributed by atoms with Crippen molar-refractivity contribution >= 4 is 29.7 Å². The van der Waals surface area contributed by atoms with Crippen LogP contribution in [0.2, 0.25) is 0 Å². The van der Waals surface area contributed by atoms with E-state index in [1.807, 2.05) is 0 Å². The Morgan fingerprint density at radius 3 is 2.39 bits per heavy atom. The zero-order chi connectivity index (χ0) is 23.7. The fourth-order valence-corrected chi connectivity index (χ4v) is 3.17. The molecule has 5 unspecified atom stereocenters.